The first-order valence-corrected chi connectivity index (χ1v) is 13.3. The van der Waals surface area contributed by atoms with Crippen molar-refractivity contribution in [2.45, 2.75) is 49.9 Å². The normalized spacial score (nSPS) is 13.9. The summed E-state index contributed by atoms with van der Waals surface area (Å²) in [7, 11) is 0. The molecule has 14 nitrogen and oxygen atoms in total. The van der Waals surface area contributed by atoms with Crippen LogP contribution in [0.2, 0.25) is 0 Å². The van der Waals surface area contributed by atoms with Gasteiger partial charge in [0.2, 0.25) is 23.6 Å². The summed E-state index contributed by atoms with van der Waals surface area (Å²) >= 11 is 1.45. The molecule has 2 aromatic rings. The Morgan fingerprint density at radius 2 is 1.59 bits per heavy atom. The van der Waals surface area contributed by atoms with E-state index in [0.717, 1.165) is 0 Å². The quantitative estimate of drug-likeness (QED) is 0.116. The molecule has 4 unspecified atom stereocenters. The van der Waals surface area contributed by atoms with Crippen LogP contribution >= 0.6 is 11.8 Å². The number of carboxylic acids is 1. The minimum absolute atomic E-state index is 0.0728. The molecular formula is C24H33N7O7S. The standard InChI is InChI=1S/C24H33N7O7S/c1-39-7-6-17(29-21(34)16(25)8-13-2-4-15(32)5-3-13)22(35)30-18(9-14-11-27-12-28-14)23(36)31-19(24(37)38)10-20(26)33/h2-5,11-12,16-19,32H,6-10,25H2,1H3,(H2,26,33)(H,27,28)(H,29,34)(H,30,35)(H,31,36)(H,37,38). The lowest BCUT2D eigenvalue weighted by Gasteiger charge is -2.25. The van der Waals surface area contributed by atoms with Crippen LogP contribution in [0.25, 0.3) is 0 Å². The number of amides is 4. The molecule has 1 heterocycles. The molecule has 10 N–H and O–H groups in total. The lowest BCUT2D eigenvalue weighted by atomic mass is 10.0. The Bertz CT molecular complexity index is 1130. The van der Waals surface area contributed by atoms with Crippen molar-refractivity contribution in [1.29, 1.82) is 0 Å². The SMILES string of the molecule is CSCCC(NC(=O)C(N)Cc1ccc(O)cc1)C(=O)NC(Cc1cnc[nH]1)C(=O)NC(CC(N)=O)C(=O)O. The fraction of sp³-hybridized carbons (Fsp3) is 0.417. The van der Waals surface area contributed by atoms with E-state index in [4.69, 9.17) is 11.5 Å². The van der Waals surface area contributed by atoms with Gasteiger partial charge < -0.3 is 42.6 Å². The third-order valence-corrected chi connectivity index (χ3v) is 6.25. The molecule has 0 fully saturated rings. The predicted octanol–water partition coefficient (Wildman–Crippen LogP) is -1.60. The molecule has 0 radical (unpaired) electrons. The number of aromatic amines is 1. The van der Waals surface area contributed by atoms with Crippen LogP contribution in [0.4, 0.5) is 0 Å². The highest BCUT2D eigenvalue weighted by Crippen LogP contribution is 2.11. The zero-order chi connectivity index (χ0) is 28.9. The van der Waals surface area contributed by atoms with Gasteiger partial charge in [0.25, 0.3) is 0 Å². The van der Waals surface area contributed by atoms with Crippen LogP contribution < -0.4 is 27.4 Å². The van der Waals surface area contributed by atoms with Crippen LogP contribution in [0.3, 0.4) is 0 Å². The van der Waals surface area contributed by atoms with Gasteiger partial charge in [0.05, 0.1) is 18.8 Å². The maximum atomic E-state index is 13.2. The molecule has 39 heavy (non-hydrogen) atoms. The first-order chi connectivity index (χ1) is 18.5. The number of imidazole rings is 1. The summed E-state index contributed by atoms with van der Waals surface area (Å²) in [6, 6.07) is 1.29. The molecule has 0 aliphatic rings. The van der Waals surface area contributed by atoms with Crippen molar-refractivity contribution < 1.29 is 34.2 Å². The summed E-state index contributed by atoms with van der Waals surface area (Å²) in [5, 5.41) is 26.2. The van der Waals surface area contributed by atoms with Gasteiger partial charge in [-0.2, -0.15) is 11.8 Å². The van der Waals surface area contributed by atoms with Gasteiger partial charge in [-0.15, -0.1) is 0 Å². The molecule has 0 bridgehead atoms. The fourth-order valence-corrected chi connectivity index (χ4v) is 4.00. The van der Waals surface area contributed by atoms with Crippen LogP contribution in [-0.2, 0) is 36.8 Å². The molecule has 0 saturated carbocycles. The number of carbonyl (C=O) groups excluding carboxylic acids is 4. The van der Waals surface area contributed by atoms with Gasteiger partial charge >= 0.3 is 5.97 Å². The van der Waals surface area contributed by atoms with Crippen LogP contribution in [0.1, 0.15) is 24.1 Å². The number of rotatable bonds is 16. The van der Waals surface area contributed by atoms with Gasteiger partial charge in [-0.1, -0.05) is 12.1 Å². The highest BCUT2D eigenvalue weighted by Gasteiger charge is 2.31. The number of nitrogens with one attached hydrogen (secondary N) is 4. The van der Waals surface area contributed by atoms with Gasteiger partial charge in [-0.05, 0) is 42.5 Å². The Kier molecular flexibility index (Phi) is 12.2. The summed E-state index contributed by atoms with van der Waals surface area (Å²) in [6.45, 7) is 0. The average Bonchev–Trinajstić information content (AvgIpc) is 3.39. The van der Waals surface area contributed by atoms with Gasteiger partial charge in [-0.25, -0.2) is 9.78 Å². The zero-order valence-corrected chi connectivity index (χ0v) is 22.1. The minimum atomic E-state index is -1.60. The Balaban J connectivity index is 2.15. The van der Waals surface area contributed by atoms with Crippen molar-refractivity contribution >= 4 is 41.4 Å². The number of thioether (sulfide) groups is 1. The Labute approximate surface area is 228 Å². The van der Waals surface area contributed by atoms with E-state index < -0.39 is 60.2 Å². The van der Waals surface area contributed by atoms with Crippen molar-refractivity contribution in [3.05, 3.63) is 48.0 Å². The summed E-state index contributed by atoms with van der Waals surface area (Å²) in [5.41, 5.74) is 12.3. The molecule has 4 amide bonds. The van der Waals surface area contributed by atoms with Crippen molar-refractivity contribution in [2.24, 2.45) is 11.5 Å². The molecule has 0 aliphatic carbocycles. The maximum Gasteiger partial charge on any atom is 0.326 e. The second-order valence-corrected chi connectivity index (χ2v) is 9.72. The molecule has 0 saturated heterocycles. The smallest absolute Gasteiger partial charge is 0.326 e. The number of benzene rings is 1. The number of nitrogens with zero attached hydrogens (tertiary/aromatic N) is 1. The van der Waals surface area contributed by atoms with E-state index in [2.05, 4.69) is 25.9 Å². The molecular weight excluding hydrogens is 530 g/mol. The van der Waals surface area contributed by atoms with E-state index in [1.54, 1.807) is 12.1 Å². The predicted molar refractivity (Wildman–Crippen MR) is 142 cm³/mol. The Hall–Kier alpha value is -4.11. The van der Waals surface area contributed by atoms with E-state index >= 15 is 0 Å². The minimum Gasteiger partial charge on any atom is -0.508 e. The maximum absolute atomic E-state index is 13.2. The van der Waals surface area contributed by atoms with E-state index in [-0.39, 0.29) is 25.0 Å². The van der Waals surface area contributed by atoms with Crippen molar-refractivity contribution in [3.8, 4) is 5.75 Å². The summed E-state index contributed by atoms with van der Waals surface area (Å²) in [4.78, 5) is 68.5. The third kappa shape index (κ3) is 10.6. The van der Waals surface area contributed by atoms with Crippen LogP contribution in [0, 0.1) is 0 Å². The number of aliphatic carboxylic acids is 1. The van der Waals surface area contributed by atoms with E-state index in [1.165, 1.54) is 36.4 Å². The number of carbonyl (C=O) groups is 5. The molecule has 1 aromatic heterocycles. The lowest BCUT2D eigenvalue weighted by Crippen LogP contribution is -2.58. The summed E-state index contributed by atoms with van der Waals surface area (Å²) in [6.07, 6.45) is 4.29. The van der Waals surface area contributed by atoms with Crippen LogP contribution in [0.15, 0.2) is 36.8 Å². The number of hydrogen-bond acceptors (Lipinski definition) is 9. The van der Waals surface area contributed by atoms with Gasteiger partial charge in [-0.3, -0.25) is 19.2 Å². The van der Waals surface area contributed by atoms with Crippen LogP contribution in [-0.4, -0.2) is 86.0 Å². The van der Waals surface area contributed by atoms with Gasteiger partial charge in [0, 0.05) is 18.3 Å². The molecule has 4 atom stereocenters. The molecule has 0 spiro atoms. The van der Waals surface area contributed by atoms with E-state index in [0.29, 0.717) is 17.0 Å². The topological polar surface area (TPSA) is 243 Å². The molecule has 15 heteroatoms. The highest BCUT2D eigenvalue weighted by atomic mass is 32.2. The number of H-pyrrole nitrogens is 1. The number of hydrogen-bond donors (Lipinski definition) is 8. The Morgan fingerprint density at radius 1 is 0.974 bits per heavy atom. The average molecular weight is 564 g/mol. The number of aromatic hydroxyl groups is 1. The number of carboxylic acid groups (broad SMARTS) is 1. The third-order valence-electron chi connectivity index (χ3n) is 5.60. The van der Waals surface area contributed by atoms with E-state index in [1.807, 2.05) is 6.26 Å². The van der Waals surface area contributed by atoms with Crippen molar-refractivity contribution in [3.63, 3.8) is 0 Å². The fourth-order valence-electron chi connectivity index (χ4n) is 3.53. The number of phenols is 1. The number of primary amides is 1. The van der Waals surface area contributed by atoms with Gasteiger partial charge in [0.15, 0.2) is 0 Å². The van der Waals surface area contributed by atoms with Crippen molar-refractivity contribution in [1.82, 2.24) is 25.9 Å². The zero-order valence-electron chi connectivity index (χ0n) is 21.3. The Morgan fingerprint density at radius 3 is 2.15 bits per heavy atom. The highest BCUT2D eigenvalue weighted by molar-refractivity contribution is 7.98. The largest absolute Gasteiger partial charge is 0.508 e. The second-order valence-electron chi connectivity index (χ2n) is 8.73. The van der Waals surface area contributed by atoms with E-state index in [9.17, 15) is 34.2 Å². The lowest BCUT2D eigenvalue weighted by molar-refractivity contribution is -0.143. The number of nitrogens with two attached hydrogens (primary N) is 2. The summed E-state index contributed by atoms with van der Waals surface area (Å²) < 4.78 is 0. The number of phenolic OH excluding ortho intramolecular Hbond substituents is 1. The first-order valence-electron chi connectivity index (χ1n) is 11.9. The van der Waals surface area contributed by atoms with Crippen molar-refractivity contribution in [2.75, 3.05) is 12.0 Å². The van der Waals surface area contributed by atoms with Gasteiger partial charge in [0.1, 0.15) is 23.9 Å². The first kappa shape index (κ1) is 31.1. The number of aromatic nitrogens is 2. The second kappa shape index (κ2) is 15.3. The molecule has 2 rings (SSSR count). The molecule has 212 valence electrons. The monoisotopic (exact) mass is 563 g/mol. The van der Waals surface area contributed by atoms with Crippen LogP contribution in [0.5, 0.6) is 5.75 Å². The molecule has 0 aliphatic heterocycles. The summed E-state index contributed by atoms with van der Waals surface area (Å²) in [5.74, 6) is -3.97. The molecule has 1 aromatic carbocycles.